The second kappa shape index (κ2) is 3.46. The molecule has 0 saturated carbocycles. The van der Waals surface area contributed by atoms with Gasteiger partial charge in [-0.15, -0.1) is 0 Å². The van der Waals surface area contributed by atoms with Crippen LogP contribution in [0.3, 0.4) is 0 Å². The first kappa shape index (κ1) is 6.28. The van der Waals surface area contributed by atoms with Gasteiger partial charge >= 0.3 is 70.9 Å². The first-order valence-corrected chi connectivity index (χ1v) is 4.96. The van der Waals surface area contributed by atoms with Crippen LogP contribution in [0.2, 0.25) is -0.511 Å². The number of carboxylic acids is 1. The topological polar surface area (TPSA) is 37.3 Å². The summed E-state index contributed by atoms with van der Waals surface area (Å²) in [5.41, 5.74) is 0. The van der Waals surface area contributed by atoms with Gasteiger partial charge in [0.15, 0.2) is 0 Å². The molecule has 0 atom stereocenters. The van der Waals surface area contributed by atoms with Gasteiger partial charge in [0.25, 0.3) is 0 Å². The van der Waals surface area contributed by atoms with E-state index >= 15 is 0 Å². The molecule has 2 nitrogen and oxygen atoms in total. The molecule has 0 aliphatic carbocycles. The van der Waals surface area contributed by atoms with Gasteiger partial charge in [0.05, 0.1) is 0 Å². The molecule has 5 heavy (non-hydrogen) atoms. The minimum atomic E-state index is -0.652. The standard InChI is InChI=1S/C2H3O2.Rb/c1-2(3)4;/h1H2,(H,3,4);. The van der Waals surface area contributed by atoms with Crippen LogP contribution in [0, 0.1) is 0 Å². The fourth-order valence-corrected chi connectivity index (χ4v) is 0. The molecule has 0 heterocycles. The third kappa shape index (κ3) is 5.28. The molecule has 0 fully saturated rings. The van der Waals surface area contributed by atoms with Crippen LogP contribution in [0.5, 0.6) is 0 Å². The monoisotopic (exact) mass is 144 g/mol. The summed E-state index contributed by atoms with van der Waals surface area (Å²) in [4.78, 5) is 9.42. The van der Waals surface area contributed by atoms with Crippen LogP contribution in [0.1, 0.15) is 0 Å². The number of carbonyl (C=O) groups is 1. The second-order valence-electron chi connectivity index (χ2n) is 0.747. The first-order chi connectivity index (χ1) is 2.27. The molecule has 0 bridgehead atoms. The number of aliphatic carboxylic acids is 1. The summed E-state index contributed by atoms with van der Waals surface area (Å²) in [6.45, 7) is 0. The van der Waals surface area contributed by atoms with Crippen LogP contribution in [-0.2, 0) is 4.79 Å². The molecular formula is C2H3O2Rb. The Morgan fingerprint density at radius 3 is 2.20 bits per heavy atom. The zero-order valence-corrected chi connectivity index (χ0v) is 7.98. The molecule has 0 aromatic heterocycles. The van der Waals surface area contributed by atoms with Crippen molar-refractivity contribution < 1.29 is 9.90 Å². The van der Waals surface area contributed by atoms with Crippen LogP contribution in [-0.4, -0.2) is 66.6 Å². The number of rotatable bonds is 1. The van der Waals surface area contributed by atoms with Crippen molar-refractivity contribution >= 4 is 61.5 Å². The first-order valence-electron chi connectivity index (χ1n) is 1.49. The third-order valence-corrected chi connectivity index (χ3v) is 1.79. The van der Waals surface area contributed by atoms with E-state index in [0.29, 0.717) is 55.0 Å². The predicted molar refractivity (Wildman–Crippen MR) is 18.2 cm³/mol. The fourth-order valence-electron chi connectivity index (χ4n) is 0. The Kier molecular flexibility index (Phi) is 4.35. The van der Waals surface area contributed by atoms with Crippen LogP contribution >= 0.6 is 0 Å². The van der Waals surface area contributed by atoms with E-state index in [2.05, 4.69) is 0 Å². The van der Waals surface area contributed by atoms with Gasteiger partial charge in [0.1, 0.15) is 0 Å². The van der Waals surface area contributed by atoms with Crippen LogP contribution in [0.25, 0.3) is 0 Å². The minimum absolute atomic E-state index is 0.351. The van der Waals surface area contributed by atoms with Crippen molar-refractivity contribution in [2.45, 2.75) is -0.511 Å². The molecule has 0 amide bonds. The summed E-state index contributed by atoms with van der Waals surface area (Å²) in [5.74, 6) is -0.652. The molecule has 0 aromatic rings. The van der Waals surface area contributed by atoms with Crippen molar-refractivity contribution in [2.75, 3.05) is 0 Å². The molecule has 0 radical (unpaired) electrons. The summed E-state index contributed by atoms with van der Waals surface area (Å²) >= 11 is 0.351. The van der Waals surface area contributed by atoms with Crippen LogP contribution in [0.15, 0.2) is 0 Å². The number of carboxylic acid groups (broad SMARTS) is 1. The quantitative estimate of drug-likeness (QED) is 0.547. The molecule has 0 spiro atoms. The summed E-state index contributed by atoms with van der Waals surface area (Å²) in [7, 11) is 0. The number of hydrogen-bond acceptors (Lipinski definition) is 1. The summed E-state index contributed by atoms with van der Waals surface area (Å²) < 4.78 is 0.432. The SMILES string of the molecule is O=C(O)[CH2][Rb]. The zero-order valence-electron chi connectivity index (χ0n) is 3.06. The van der Waals surface area contributed by atoms with Crippen molar-refractivity contribution in [3.8, 4) is 0 Å². The fraction of sp³-hybridized carbons (Fsp3) is 0.500. The molecule has 3 heteroatoms. The Hall–Kier alpha value is 1.28. The van der Waals surface area contributed by atoms with Gasteiger partial charge in [-0.25, -0.2) is 0 Å². The Morgan fingerprint density at radius 1 is 2.00 bits per heavy atom. The molecular weight excluding hydrogens is 141 g/mol. The van der Waals surface area contributed by atoms with Crippen molar-refractivity contribution in [2.24, 2.45) is 0 Å². The second-order valence-corrected chi connectivity index (χ2v) is 2.49. The Bertz CT molecular complexity index is 42.9. The zero-order chi connectivity index (χ0) is 4.28. The Morgan fingerprint density at radius 2 is 2.20 bits per heavy atom. The van der Waals surface area contributed by atoms with Crippen molar-refractivity contribution in [3.63, 3.8) is 0 Å². The van der Waals surface area contributed by atoms with Crippen LogP contribution < -0.4 is 0 Å². The number of hydrogen-bond donors (Lipinski definition) is 1. The van der Waals surface area contributed by atoms with Gasteiger partial charge in [-0.3, -0.25) is 0 Å². The van der Waals surface area contributed by atoms with Gasteiger partial charge < -0.3 is 0 Å². The van der Waals surface area contributed by atoms with Gasteiger partial charge in [-0.2, -0.15) is 0 Å². The van der Waals surface area contributed by atoms with Crippen molar-refractivity contribution in [1.82, 2.24) is 0 Å². The average Bonchev–Trinajstić information content (AvgIpc) is 1.38. The maximum absolute atomic E-state index is 9.42. The Labute approximate surface area is 69.3 Å². The van der Waals surface area contributed by atoms with Crippen molar-refractivity contribution in [1.29, 1.82) is 0 Å². The molecule has 0 saturated heterocycles. The molecule has 0 rings (SSSR count). The summed E-state index contributed by atoms with van der Waals surface area (Å²) in [5, 5.41) is 7.77. The summed E-state index contributed by atoms with van der Waals surface area (Å²) in [6.07, 6.45) is 0. The van der Waals surface area contributed by atoms with Gasteiger partial charge in [0.2, 0.25) is 0 Å². The predicted octanol–water partition coefficient (Wildman–Crippen LogP) is -0.342. The van der Waals surface area contributed by atoms with Gasteiger partial charge in [-0.1, -0.05) is 0 Å². The molecule has 1 N–H and O–H groups in total. The Balaban J connectivity index is 2.85. The molecule has 0 aliphatic heterocycles. The van der Waals surface area contributed by atoms with Crippen molar-refractivity contribution in [3.05, 3.63) is 0 Å². The molecule has 0 aromatic carbocycles. The van der Waals surface area contributed by atoms with E-state index in [1.54, 1.807) is 0 Å². The van der Waals surface area contributed by atoms with Crippen LogP contribution in [0.4, 0.5) is 0 Å². The van der Waals surface area contributed by atoms with E-state index in [1.165, 1.54) is 0 Å². The molecule has 0 unspecified atom stereocenters. The van der Waals surface area contributed by atoms with Gasteiger partial charge in [0, 0.05) is 0 Å². The average molecular weight is 145 g/mol. The van der Waals surface area contributed by atoms with E-state index < -0.39 is 5.97 Å². The van der Waals surface area contributed by atoms with E-state index in [1.807, 2.05) is 0 Å². The normalized spacial score (nSPS) is 7.60. The molecule has 24 valence electrons. The maximum atomic E-state index is 9.42. The third-order valence-electron chi connectivity index (χ3n) is 0.302. The molecule has 0 aliphatic rings. The summed E-state index contributed by atoms with van der Waals surface area (Å²) in [6, 6.07) is 0. The van der Waals surface area contributed by atoms with Gasteiger partial charge in [-0.05, 0) is 0 Å². The van der Waals surface area contributed by atoms with E-state index in [-0.39, 0.29) is 0 Å². The van der Waals surface area contributed by atoms with E-state index in [9.17, 15) is 4.79 Å². The van der Waals surface area contributed by atoms with E-state index in [0.717, 1.165) is 0 Å². The van der Waals surface area contributed by atoms with E-state index in [4.69, 9.17) is 5.11 Å².